The Morgan fingerprint density at radius 2 is 2.00 bits per heavy atom. The van der Waals surface area contributed by atoms with Gasteiger partial charge in [-0.2, -0.15) is 0 Å². The van der Waals surface area contributed by atoms with Gasteiger partial charge in [0.25, 0.3) is 0 Å². The smallest absolute Gasteiger partial charge is 0.411 e. The molecule has 2 aromatic carbocycles. The monoisotopic (exact) mass is 696 g/mol. The third kappa shape index (κ3) is 6.15. The molecule has 0 saturated heterocycles. The Hall–Kier alpha value is -3.96. The lowest BCUT2D eigenvalue weighted by Crippen LogP contribution is -2.38. The van der Waals surface area contributed by atoms with Crippen molar-refractivity contribution >= 4 is 62.4 Å². The molecule has 2 atom stereocenters. The molecule has 12 heteroatoms. The van der Waals surface area contributed by atoms with Crippen LogP contribution in [0.4, 0.5) is 20.6 Å². The number of carbonyl (C=O) groups is 3. The minimum Gasteiger partial charge on any atom is -0.491 e. The summed E-state index contributed by atoms with van der Waals surface area (Å²) in [5, 5.41) is 5.70. The molecule has 9 nitrogen and oxygen atoms in total. The Kier molecular flexibility index (Phi) is 8.83. The third-order valence-corrected chi connectivity index (χ3v) is 9.45. The minimum absolute atomic E-state index is 0.00739. The molecule has 234 valence electrons. The Morgan fingerprint density at radius 3 is 2.78 bits per heavy atom. The topological polar surface area (TPSA) is 110 Å². The van der Waals surface area contributed by atoms with Crippen LogP contribution in [0.15, 0.2) is 46.9 Å². The second-order valence-corrected chi connectivity index (χ2v) is 12.6. The maximum absolute atomic E-state index is 15.0. The van der Waals surface area contributed by atoms with Crippen LogP contribution < -0.4 is 15.4 Å². The number of nitrogens with zero attached hydrogens (tertiary/aromatic N) is 2. The maximum atomic E-state index is 15.0. The molecule has 3 aliphatic heterocycles. The third-order valence-electron chi connectivity index (χ3n) is 8.50. The van der Waals surface area contributed by atoms with Crippen LogP contribution in [-0.2, 0) is 20.7 Å². The molecular formula is C33H31BrClFN4O5. The molecule has 0 saturated carbocycles. The Balaban J connectivity index is 1.44. The van der Waals surface area contributed by atoms with Crippen LogP contribution in [0.5, 0.6) is 5.75 Å². The van der Waals surface area contributed by atoms with Gasteiger partial charge in [0.15, 0.2) is 0 Å². The van der Waals surface area contributed by atoms with E-state index in [0.717, 1.165) is 17.0 Å². The number of pyridine rings is 1. The van der Waals surface area contributed by atoms with Gasteiger partial charge in [-0.05, 0) is 55.2 Å². The number of anilines is 2. The van der Waals surface area contributed by atoms with Gasteiger partial charge in [0.2, 0.25) is 11.8 Å². The molecule has 6 rings (SSSR count). The Bertz CT molecular complexity index is 1750. The van der Waals surface area contributed by atoms with E-state index in [-0.39, 0.29) is 28.8 Å². The van der Waals surface area contributed by atoms with Crippen molar-refractivity contribution < 1.29 is 28.2 Å². The molecule has 0 spiro atoms. The lowest BCUT2D eigenvalue weighted by Gasteiger charge is -2.35. The van der Waals surface area contributed by atoms with Crippen molar-refractivity contribution in [1.82, 2.24) is 9.88 Å². The van der Waals surface area contributed by atoms with Crippen LogP contribution in [0.25, 0.3) is 16.7 Å². The molecular weight excluding hydrogens is 667 g/mol. The lowest BCUT2D eigenvalue weighted by molar-refractivity contribution is -0.129. The Labute approximate surface area is 273 Å². The van der Waals surface area contributed by atoms with E-state index in [2.05, 4.69) is 26.6 Å². The van der Waals surface area contributed by atoms with Crippen molar-refractivity contribution in [2.45, 2.75) is 45.1 Å². The van der Waals surface area contributed by atoms with Crippen LogP contribution in [-0.4, -0.2) is 48.1 Å². The SMILES string of the molecule is COC(=O)Nc1ccc2c(c1)NC(=O)[C@H](C)CCC[C@H](N1CCC(c3c(Br)ccc(Cl)c3F)=CC1=O)c1cc-2c2c(n1)CCO2. The maximum Gasteiger partial charge on any atom is 0.411 e. The lowest BCUT2D eigenvalue weighted by atomic mass is 9.92. The number of ether oxygens (including phenoxy) is 2. The first kappa shape index (κ1) is 31.0. The molecule has 2 N–H and O–H groups in total. The van der Waals surface area contributed by atoms with Crippen molar-refractivity contribution in [2.24, 2.45) is 5.92 Å². The number of amides is 3. The van der Waals surface area contributed by atoms with E-state index in [1.165, 1.54) is 19.3 Å². The predicted molar refractivity (Wildman–Crippen MR) is 173 cm³/mol. The zero-order valence-corrected chi connectivity index (χ0v) is 27.1. The summed E-state index contributed by atoms with van der Waals surface area (Å²) in [7, 11) is 1.28. The molecule has 45 heavy (non-hydrogen) atoms. The molecule has 0 unspecified atom stereocenters. The highest BCUT2D eigenvalue weighted by Gasteiger charge is 2.33. The molecule has 3 aliphatic rings. The van der Waals surface area contributed by atoms with Gasteiger partial charge in [-0.25, -0.2) is 9.18 Å². The number of aromatic nitrogens is 1. The van der Waals surface area contributed by atoms with E-state index in [0.29, 0.717) is 83.6 Å². The van der Waals surface area contributed by atoms with E-state index in [1.807, 2.05) is 19.1 Å². The highest BCUT2D eigenvalue weighted by atomic mass is 79.9. The second kappa shape index (κ2) is 12.8. The van der Waals surface area contributed by atoms with E-state index in [4.69, 9.17) is 26.1 Å². The number of benzene rings is 2. The van der Waals surface area contributed by atoms with Crippen molar-refractivity contribution in [3.8, 4) is 16.9 Å². The van der Waals surface area contributed by atoms with Gasteiger partial charge in [0, 0.05) is 51.8 Å². The highest BCUT2D eigenvalue weighted by molar-refractivity contribution is 9.10. The summed E-state index contributed by atoms with van der Waals surface area (Å²) in [6.07, 6.45) is 3.72. The van der Waals surface area contributed by atoms with Crippen LogP contribution in [0.2, 0.25) is 5.02 Å². The van der Waals surface area contributed by atoms with Crippen LogP contribution in [0.1, 0.15) is 55.6 Å². The fraction of sp³-hybridized carbons (Fsp3) is 0.333. The largest absolute Gasteiger partial charge is 0.491 e. The van der Waals surface area contributed by atoms with Crippen molar-refractivity contribution in [3.63, 3.8) is 0 Å². The molecule has 3 aromatic rings. The van der Waals surface area contributed by atoms with E-state index in [9.17, 15) is 14.4 Å². The van der Waals surface area contributed by atoms with Gasteiger partial charge in [-0.15, -0.1) is 0 Å². The quantitative estimate of drug-likeness (QED) is 0.274. The first-order valence-corrected chi connectivity index (χ1v) is 15.9. The van der Waals surface area contributed by atoms with Gasteiger partial charge in [0.05, 0.1) is 41.9 Å². The summed E-state index contributed by atoms with van der Waals surface area (Å²) in [6.45, 7) is 2.68. The van der Waals surface area contributed by atoms with E-state index >= 15 is 4.39 Å². The number of fused-ring (bicyclic) bond motifs is 6. The zero-order chi connectivity index (χ0) is 31.8. The standard InChI is InChI=1S/C33H31BrClFN4O5/c1-17-4-3-5-27(40-12-10-18(14-28(40)41)29-22(34)8-9-23(35)30(29)36)26-16-21(31-24(38-26)11-13-45-31)20-7-6-19(37-33(43)44-2)15-25(20)39-32(17)42/h6-9,14-17,27H,3-5,10-13H2,1-2H3,(H,37,43)(H,39,42)/t17-,27+/m1/s1. The van der Waals surface area contributed by atoms with Crippen LogP contribution >= 0.6 is 27.5 Å². The number of methoxy groups -OCH3 is 1. The van der Waals surface area contributed by atoms with Gasteiger partial charge < -0.3 is 19.7 Å². The van der Waals surface area contributed by atoms with Crippen LogP contribution in [0, 0.1) is 11.7 Å². The summed E-state index contributed by atoms with van der Waals surface area (Å²) < 4.78 is 26.4. The van der Waals surface area contributed by atoms with Gasteiger partial charge in [0.1, 0.15) is 11.6 Å². The first-order chi connectivity index (χ1) is 21.6. The number of halogens is 3. The molecule has 2 bridgehead atoms. The number of nitrogens with one attached hydrogen (secondary N) is 2. The summed E-state index contributed by atoms with van der Waals surface area (Å²) >= 11 is 9.48. The van der Waals surface area contributed by atoms with Gasteiger partial charge in [-0.1, -0.05) is 46.9 Å². The molecule has 0 fully saturated rings. The normalized spacial score (nSPS) is 19.7. The second-order valence-electron chi connectivity index (χ2n) is 11.4. The highest BCUT2D eigenvalue weighted by Crippen LogP contribution is 2.44. The van der Waals surface area contributed by atoms with E-state index < -0.39 is 11.9 Å². The predicted octanol–water partition coefficient (Wildman–Crippen LogP) is 7.53. The van der Waals surface area contributed by atoms with Gasteiger partial charge >= 0.3 is 6.09 Å². The number of hydrogen-bond donors (Lipinski definition) is 2. The average molecular weight is 698 g/mol. The molecule has 0 radical (unpaired) electrons. The van der Waals surface area contributed by atoms with Crippen LogP contribution in [0.3, 0.4) is 0 Å². The number of carbonyl (C=O) groups excluding carboxylic acids is 3. The van der Waals surface area contributed by atoms with Gasteiger partial charge in [-0.3, -0.25) is 19.9 Å². The Morgan fingerprint density at radius 1 is 1.18 bits per heavy atom. The van der Waals surface area contributed by atoms with E-state index in [1.54, 1.807) is 23.1 Å². The first-order valence-electron chi connectivity index (χ1n) is 14.8. The zero-order valence-electron chi connectivity index (χ0n) is 24.7. The summed E-state index contributed by atoms with van der Waals surface area (Å²) in [6, 6.07) is 9.92. The molecule has 1 aromatic heterocycles. The number of hydrogen-bond acceptors (Lipinski definition) is 6. The summed E-state index contributed by atoms with van der Waals surface area (Å²) in [5.41, 5.74) is 4.74. The van der Waals surface area contributed by atoms with Crippen molar-refractivity contribution in [1.29, 1.82) is 0 Å². The fourth-order valence-electron chi connectivity index (χ4n) is 6.14. The molecule has 3 amide bonds. The van der Waals surface area contributed by atoms with Crippen molar-refractivity contribution in [3.05, 3.63) is 74.7 Å². The number of rotatable bonds is 3. The average Bonchev–Trinajstić information content (AvgIpc) is 3.50. The summed E-state index contributed by atoms with van der Waals surface area (Å²) in [5.74, 6) is -0.670. The summed E-state index contributed by atoms with van der Waals surface area (Å²) in [4.78, 5) is 45.8. The minimum atomic E-state index is -0.630. The van der Waals surface area contributed by atoms with Crippen molar-refractivity contribution in [2.75, 3.05) is 30.9 Å². The molecule has 0 aliphatic carbocycles. The molecule has 4 heterocycles. The fourth-order valence-corrected chi connectivity index (χ4v) is 6.86.